The molecule has 1 aliphatic rings. The first kappa shape index (κ1) is 16.1. The fourth-order valence-corrected chi connectivity index (χ4v) is 3.82. The second-order valence-corrected chi connectivity index (χ2v) is 6.47. The van der Waals surface area contributed by atoms with Crippen molar-refractivity contribution in [2.45, 2.75) is 0 Å². The fraction of sp³-hybridized carbons (Fsp3) is 0.333. The maximum absolute atomic E-state index is 5.45. The third-order valence-electron chi connectivity index (χ3n) is 4.28. The van der Waals surface area contributed by atoms with Gasteiger partial charge in [-0.2, -0.15) is 4.37 Å². The van der Waals surface area contributed by atoms with E-state index in [-0.39, 0.29) is 0 Å². The summed E-state index contributed by atoms with van der Waals surface area (Å²) in [7, 11) is 3.27. The van der Waals surface area contributed by atoms with E-state index in [0.29, 0.717) is 11.5 Å². The summed E-state index contributed by atoms with van der Waals surface area (Å²) in [6.07, 6.45) is 0. The van der Waals surface area contributed by atoms with Gasteiger partial charge in [0, 0.05) is 18.7 Å². The van der Waals surface area contributed by atoms with Crippen molar-refractivity contribution in [1.82, 2.24) is 9.36 Å². The van der Waals surface area contributed by atoms with E-state index in [0.717, 1.165) is 53.6 Å². The summed E-state index contributed by atoms with van der Waals surface area (Å²) in [5.74, 6) is 1.40. The van der Waals surface area contributed by atoms with Crippen LogP contribution in [0.2, 0.25) is 0 Å². The normalized spacial score (nSPS) is 14.7. The lowest BCUT2D eigenvalue weighted by molar-refractivity contribution is 0.123. The second kappa shape index (κ2) is 6.85. The van der Waals surface area contributed by atoms with Gasteiger partial charge in [-0.1, -0.05) is 0 Å². The lowest BCUT2D eigenvalue weighted by Crippen LogP contribution is -2.35. The molecule has 3 heterocycles. The number of pyridine rings is 1. The van der Waals surface area contributed by atoms with E-state index in [1.54, 1.807) is 14.2 Å². The first-order chi connectivity index (χ1) is 12.3. The standard InChI is InChI=1S/C18H19N3O3S/c1-22-15-6-3-12(11-16(15)23-2)13-4-5-14-17(19-13)18(25-20-14)21-7-9-24-10-8-21/h3-6,11H,7-10H2,1-2H3. The van der Waals surface area contributed by atoms with Gasteiger partial charge in [0.2, 0.25) is 0 Å². The topological polar surface area (TPSA) is 56.7 Å². The van der Waals surface area contributed by atoms with Crippen LogP contribution in [-0.4, -0.2) is 49.9 Å². The zero-order chi connectivity index (χ0) is 17.2. The van der Waals surface area contributed by atoms with Gasteiger partial charge >= 0.3 is 0 Å². The summed E-state index contributed by atoms with van der Waals surface area (Å²) >= 11 is 1.50. The molecular weight excluding hydrogens is 338 g/mol. The van der Waals surface area contributed by atoms with E-state index in [2.05, 4.69) is 9.27 Å². The molecule has 130 valence electrons. The van der Waals surface area contributed by atoms with Crippen LogP contribution in [0.1, 0.15) is 0 Å². The molecular formula is C18H19N3O3S. The van der Waals surface area contributed by atoms with Crippen molar-refractivity contribution in [3.63, 3.8) is 0 Å². The van der Waals surface area contributed by atoms with Gasteiger partial charge in [0.1, 0.15) is 16.0 Å². The van der Waals surface area contributed by atoms with Crippen molar-refractivity contribution in [3.8, 4) is 22.8 Å². The molecule has 1 aromatic carbocycles. The third kappa shape index (κ3) is 3.01. The Morgan fingerprint density at radius 1 is 1.04 bits per heavy atom. The van der Waals surface area contributed by atoms with Gasteiger partial charge in [0.15, 0.2) is 11.5 Å². The zero-order valence-corrected chi connectivity index (χ0v) is 15.0. The zero-order valence-electron chi connectivity index (χ0n) is 14.2. The number of nitrogens with zero attached hydrogens (tertiary/aromatic N) is 3. The highest BCUT2D eigenvalue weighted by molar-refractivity contribution is 7.11. The van der Waals surface area contributed by atoms with Crippen LogP contribution in [0.4, 0.5) is 5.00 Å². The average Bonchev–Trinajstić information content (AvgIpc) is 3.11. The molecule has 0 bridgehead atoms. The number of hydrogen-bond acceptors (Lipinski definition) is 7. The van der Waals surface area contributed by atoms with Crippen LogP contribution < -0.4 is 14.4 Å². The highest BCUT2D eigenvalue weighted by Gasteiger charge is 2.18. The summed E-state index contributed by atoms with van der Waals surface area (Å²) in [6.45, 7) is 3.24. The first-order valence-electron chi connectivity index (χ1n) is 8.11. The molecule has 0 unspecified atom stereocenters. The minimum absolute atomic E-state index is 0.693. The van der Waals surface area contributed by atoms with Crippen LogP contribution in [0, 0.1) is 0 Å². The average molecular weight is 357 g/mol. The molecule has 0 amide bonds. The number of methoxy groups -OCH3 is 2. The molecule has 7 heteroatoms. The quantitative estimate of drug-likeness (QED) is 0.715. The maximum atomic E-state index is 5.45. The molecule has 25 heavy (non-hydrogen) atoms. The largest absolute Gasteiger partial charge is 0.493 e. The number of benzene rings is 1. The molecule has 0 aliphatic carbocycles. The maximum Gasteiger partial charge on any atom is 0.161 e. The SMILES string of the molecule is COc1ccc(-c2ccc3nsc(N4CCOCC4)c3n2)cc1OC. The fourth-order valence-electron chi connectivity index (χ4n) is 2.95. The molecule has 4 rings (SSSR count). The first-order valence-corrected chi connectivity index (χ1v) is 8.89. The van der Waals surface area contributed by atoms with Crippen LogP contribution in [0.25, 0.3) is 22.3 Å². The van der Waals surface area contributed by atoms with Crippen LogP contribution in [-0.2, 0) is 4.74 Å². The second-order valence-electron chi connectivity index (χ2n) is 5.72. The number of rotatable bonds is 4. The number of aromatic nitrogens is 2. The van der Waals surface area contributed by atoms with Gasteiger partial charge in [-0.3, -0.25) is 0 Å². The van der Waals surface area contributed by atoms with Crippen molar-refractivity contribution in [1.29, 1.82) is 0 Å². The van der Waals surface area contributed by atoms with Gasteiger partial charge in [-0.15, -0.1) is 0 Å². The number of fused-ring (bicyclic) bond motifs is 1. The molecule has 1 aliphatic heterocycles. The van der Waals surface area contributed by atoms with Crippen LogP contribution >= 0.6 is 11.5 Å². The highest BCUT2D eigenvalue weighted by atomic mass is 32.1. The smallest absolute Gasteiger partial charge is 0.161 e. The number of morpholine rings is 1. The number of hydrogen-bond donors (Lipinski definition) is 0. The number of anilines is 1. The summed E-state index contributed by atoms with van der Waals surface area (Å²) in [5, 5.41) is 1.11. The Kier molecular flexibility index (Phi) is 4.42. The van der Waals surface area contributed by atoms with Gasteiger partial charge in [-0.25, -0.2) is 4.98 Å². The van der Waals surface area contributed by atoms with Crippen molar-refractivity contribution < 1.29 is 14.2 Å². The number of ether oxygens (including phenoxy) is 3. The van der Waals surface area contributed by atoms with Crippen molar-refractivity contribution in [3.05, 3.63) is 30.3 Å². The predicted molar refractivity (Wildman–Crippen MR) is 99.0 cm³/mol. The Labute approximate surface area is 150 Å². The van der Waals surface area contributed by atoms with E-state index in [4.69, 9.17) is 19.2 Å². The van der Waals surface area contributed by atoms with Crippen LogP contribution in [0.5, 0.6) is 11.5 Å². The predicted octanol–water partition coefficient (Wildman–Crippen LogP) is 3.21. The summed E-state index contributed by atoms with van der Waals surface area (Å²) in [5.41, 5.74) is 3.75. The molecule has 1 saturated heterocycles. The van der Waals surface area contributed by atoms with Crippen LogP contribution in [0.15, 0.2) is 30.3 Å². The van der Waals surface area contributed by atoms with E-state index >= 15 is 0 Å². The van der Waals surface area contributed by atoms with Gasteiger partial charge in [-0.05, 0) is 41.9 Å². The molecule has 2 aromatic heterocycles. The van der Waals surface area contributed by atoms with E-state index < -0.39 is 0 Å². The van der Waals surface area contributed by atoms with Crippen molar-refractivity contribution in [2.24, 2.45) is 0 Å². The Morgan fingerprint density at radius 2 is 1.84 bits per heavy atom. The molecule has 0 N–H and O–H groups in total. The monoisotopic (exact) mass is 357 g/mol. The molecule has 0 saturated carbocycles. The molecule has 3 aromatic rings. The molecule has 0 spiro atoms. The highest BCUT2D eigenvalue weighted by Crippen LogP contribution is 2.35. The van der Waals surface area contributed by atoms with E-state index in [1.165, 1.54) is 11.5 Å². The molecule has 0 atom stereocenters. The van der Waals surface area contributed by atoms with E-state index in [1.807, 2.05) is 30.3 Å². The molecule has 0 radical (unpaired) electrons. The Morgan fingerprint density at radius 3 is 2.60 bits per heavy atom. The minimum atomic E-state index is 0.693. The van der Waals surface area contributed by atoms with Gasteiger partial charge in [0.05, 0.1) is 33.1 Å². The lowest BCUT2D eigenvalue weighted by Gasteiger charge is -2.26. The lowest BCUT2D eigenvalue weighted by atomic mass is 10.1. The summed E-state index contributed by atoms with van der Waals surface area (Å²) in [6, 6.07) is 9.85. The van der Waals surface area contributed by atoms with Gasteiger partial charge < -0.3 is 19.1 Å². The van der Waals surface area contributed by atoms with Crippen molar-refractivity contribution >= 4 is 27.6 Å². The van der Waals surface area contributed by atoms with Crippen molar-refractivity contribution in [2.75, 3.05) is 45.4 Å². The molecule has 1 fully saturated rings. The summed E-state index contributed by atoms with van der Waals surface area (Å²) in [4.78, 5) is 7.18. The third-order valence-corrected chi connectivity index (χ3v) is 5.20. The summed E-state index contributed by atoms with van der Waals surface area (Å²) < 4.78 is 20.7. The Bertz CT molecular complexity index is 890. The molecule has 6 nitrogen and oxygen atoms in total. The Balaban J connectivity index is 1.75. The minimum Gasteiger partial charge on any atom is -0.493 e. The Hall–Kier alpha value is -2.38. The van der Waals surface area contributed by atoms with Gasteiger partial charge in [0.25, 0.3) is 0 Å². The van der Waals surface area contributed by atoms with E-state index in [9.17, 15) is 0 Å². The van der Waals surface area contributed by atoms with Crippen LogP contribution in [0.3, 0.4) is 0 Å².